The molecule has 2 heterocycles. The number of anilines is 1. The van der Waals surface area contributed by atoms with Crippen LogP contribution in [0.1, 0.15) is 19.8 Å². The summed E-state index contributed by atoms with van der Waals surface area (Å²) in [5, 5.41) is 11.7. The van der Waals surface area contributed by atoms with Crippen molar-refractivity contribution in [2.45, 2.75) is 24.1 Å². The lowest BCUT2D eigenvalue weighted by Gasteiger charge is -2.34. The van der Waals surface area contributed by atoms with Crippen molar-refractivity contribution < 1.29 is 9.59 Å². The molecule has 9 heteroatoms. The first-order valence-corrected chi connectivity index (χ1v) is 9.13. The number of hydrogen-bond acceptors (Lipinski definition) is 7. The first-order valence-electron chi connectivity index (χ1n) is 7.33. The molecule has 0 atom stereocenters. The van der Waals surface area contributed by atoms with E-state index < -0.39 is 0 Å². The Morgan fingerprint density at radius 3 is 2.64 bits per heavy atom. The van der Waals surface area contributed by atoms with Gasteiger partial charge >= 0.3 is 0 Å². The summed E-state index contributed by atoms with van der Waals surface area (Å²) in [5.41, 5.74) is 0. The molecule has 0 radical (unpaired) electrons. The molecule has 0 aromatic carbocycles. The van der Waals surface area contributed by atoms with E-state index >= 15 is 0 Å². The maximum absolute atomic E-state index is 11.9. The maximum Gasteiger partial charge on any atom is 0.230 e. The summed E-state index contributed by atoms with van der Waals surface area (Å²) < 4.78 is 0.795. The monoisotopic (exact) mass is 343 g/mol. The van der Waals surface area contributed by atoms with Crippen LogP contribution in [-0.2, 0) is 9.59 Å². The first-order chi connectivity index (χ1) is 10.6. The minimum atomic E-state index is -0.0233. The zero-order chi connectivity index (χ0) is 15.9. The summed E-state index contributed by atoms with van der Waals surface area (Å²) >= 11 is 2.89. The SMILES string of the molecule is CCCC(=O)N1CCN(c2nnc(SCC(=O)NC)s2)CC1. The van der Waals surface area contributed by atoms with Gasteiger partial charge in [-0.3, -0.25) is 9.59 Å². The molecule has 1 aliphatic heterocycles. The van der Waals surface area contributed by atoms with Crippen LogP contribution < -0.4 is 10.2 Å². The number of nitrogens with one attached hydrogen (secondary N) is 1. The highest BCUT2D eigenvalue weighted by atomic mass is 32.2. The van der Waals surface area contributed by atoms with E-state index in [2.05, 4.69) is 20.4 Å². The second-order valence-electron chi connectivity index (χ2n) is 4.93. The van der Waals surface area contributed by atoms with Crippen LogP contribution in [0, 0.1) is 0 Å². The van der Waals surface area contributed by atoms with Crippen LogP contribution in [0.2, 0.25) is 0 Å². The van der Waals surface area contributed by atoms with Gasteiger partial charge in [-0.1, -0.05) is 30.0 Å². The third-order valence-electron chi connectivity index (χ3n) is 3.37. The highest BCUT2D eigenvalue weighted by Gasteiger charge is 2.22. The molecule has 0 aliphatic carbocycles. The van der Waals surface area contributed by atoms with Gasteiger partial charge in [0.15, 0.2) is 4.34 Å². The number of carbonyl (C=O) groups is 2. The van der Waals surface area contributed by atoms with Crippen molar-refractivity contribution in [1.29, 1.82) is 0 Å². The smallest absolute Gasteiger partial charge is 0.230 e. The van der Waals surface area contributed by atoms with E-state index in [1.54, 1.807) is 7.05 Å². The Kier molecular flexibility index (Phi) is 6.44. The van der Waals surface area contributed by atoms with Crippen LogP contribution >= 0.6 is 23.1 Å². The van der Waals surface area contributed by atoms with Crippen LogP contribution in [0.15, 0.2) is 4.34 Å². The Hall–Kier alpha value is -1.35. The molecular weight excluding hydrogens is 322 g/mol. The van der Waals surface area contributed by atoms with Crippen molar-refractivity contribution in [1.82, 2.24) is 20.4 Å². The van der Waals surface area contributed by atoms with Crippen molar-refractivity contribution in [3.8, 4) is 0 Å². The average Bonchev–Trinajstić information content (AvgIpc) is 3.02. The number of piperazine rings is 1. The zero-order valence-electron chi connectivity index (χ0n) is 12.9. The van der Waals surface area contributed by atoms with Crippen LogP contribution in [0.4, 0.5) is 5.13 Å². The molecular formula is C13H21N5O2S2. The summed E-state index contributed by atoms with van der Waals surface area (Å²) in [6.07, 6.45) is 1.51. The normalized spacial score (nSPS) is 15.0. The number of hydrogen-bond donors (Lipinski definition) is 1. The van der Waals surface area contributed by atoms with Gasteiger partial charge < -0.3 is 15.1 Å². The van der Waals surface area contributed by atoms with Gasteiger partial charge in [0.2, 0.25) is 16.9 Å². The minimum absolute atomic E-state index is 0.0233. The number of rotatable bonds is 6. The largest absolute Gasteiger partial charge is 0.358 e. The quantitative estimate of drug-likeness (QED) is 0.771. The highest BCUT2D eigenvalue weighted by Crippen LogP contribution is 2.28. The number of thioether (sulfide) groups is 1. The van der Waals surface area contributed by atoms with Crippen molar-refractivity contribution >= 4 is 40.0 Å². The predicted molar refractivity (Wildman–Crippen MR) is 88.4 cm³/mol. The van der Waals surface area contributed by atoms with Crippen LogP contribution in [-0.4, -0.2) is 65.9 Å². The van der Waals surface area contributed by atoms with E-state index in [0.717, 1.165) is 42.1 Å². The molecule has 0 bridgehead atoms. The third kappa shape index (κ3) is 4.57. The molecule has 2 amide bonds. The summed E-state index contributed by atoms with van der Waals surface area (Å²) in [6, 6.07) is 0. The molecule has 1 N–H and O–H groups in total. The summed E-state index contributed by atoms with van der Waals surface area (Å²) in [7, 11) is 1.62. The molecule has 0 unspecified atom stereocenters. The maximum atomic E-state index is 11.9. The minimum Gasteiger partial charge on any atom is -0.358 e. The third-order valence-corrected chi connectivity index (χ3v) is 5.49. The second kappa shape index (κ2) is 8.33. The highest BCUT2D eigenvalue weighted by molar-refractivity contribution is 8.01. The Morgan fingerprint density at radius 2 is 2.00 bits per heavy atom. The fourth-order valence-corrected chi connectivity index (χ4v) is 3.87. The predicted octanol–water partition coefficient (Wildman–Crippen LogP) is 0.825. The summed E-state index contributed by atoms with van der Waals surface area (Å²) in [6.45, 7) is 5.06. The van der Waals surface area contributed by atoms with Gasteiger partial charge in [-0.25, -0.2) is 0 Å². The molecule has 1 saturated heterocycles. The molecule has 2 rings (SSSR count). The summed E-state index contributed by atoms with van der Waals surface area (Å²) in [5.74, 6) is 0.566. The molecule has 1 aromatic heterocycles. The number of amides is 2. The van der Waals surface area contributed by atoms with Gasteiger partial charge in [0, 0.05) is 39.6 Å². The van der Waals surface area contributed by atoms with Gasteiger partial charge in [-0.2, -0.15) is 0 Å². The zero-order valence-corrected chi connectivity index (χ0v) is 14.5. The molecule has 1 fully saturated rings. The van der Waals surface area contributed by atoms with E-state index in [4.69, 9.17) is 0 Å². The van der Waals surface area contributed by atoms with E-state index in [9.17, 15) is 9.59 Å². The van der Waals surface area contributed by atoms with E-state index in [1.807, 2.05) is 11.8 Å². The van der Waals surface area contributed by atoms with Crippen molar-refractivity contribution in [3.05, 3.63) is 0 Å². The molecule has 1 aromatic rings. The van der Waals surface area contributed by atoms with Crippen molar-refractivity contribution in [3.63, 3.8) is 0 Å². The lowest BCUT2D eigenvalue weighted by Crippen LogP contribution is -2.48. The van der Waals surface area contributed by atoms with Crippen LogP contribution in [0.25, 0.3) is 0 Å². The topological polar surface area (TPSA) is 78.4 Å². The van der Waals surface area contributed by atoms with Gasteiger partial charge in [0.25, 0.3) is 0 Å². The van der Waals surface area contributed by atoms with Crippen molar-refractivity contribution in [2.75, 3.05) is 43.9 Å². The fraction of sp³-hybridized carbons (Fsp3) is 0.692. The van der Waals surface area contributed by atoms with E-state index in [1.165, 1.54) is 23.1 Å². The lowest BCUT2D eigenvalue weighted by atomic mass is 10.2. The van der Waals surface area contributed by atoms with Gasteiger partial charge in [0.05, 0.1) is 5.75 Å². The number of carbonyl (C=O) groups excluding carboxylic acids is 2. The molecule has 122 valence electrons. The number of nitrogens with zero attached hydrogens (tertiary/aromatic N) is 4. The van der Waals surface area contributed by atoms with Crippen LogP contribution in [0.5, 0.6) is 0 Å². The molecule has 7 nitrogen and oxygen atoms in total. The van der Waals surface area contributed by atoms with Gasteiger partial charge in [-0.15, -0.1) is 10.2 Å². The summed E-state index contributed by atoms with van der Waals surface area (Å²) in [4.78, 5) is 27.2. The Balaban J connectivity index is 1.83. The second-order valence-corrected chi connectivity index (χ2v) is 7.11. The Labute approximate surface area is 138 Å². The van der Waals surface area contributed by atoms with Crippen LogP contribution in [0.3, 0.4) is 0 Å². The molecule has 0 saturated carbocycles. The number of aromatic nitrogens is 2. The van der Waals surface area contributed by atoms with Crippen molar-refractivity contribution in [2.24, 2.45) is 0 Å². The standard InChI is InChI=1S/C13H21N5O2S2/c1-3-4-11(20)17-5-7-18(8-6-17)12-15-16-13(22-12)21-9-10(19)14-2/h3-9H2,1-2H3,(H,14,19). The fourth-order valence-electron chi connectivity index (χ4n) is 2.11. The van der Waals surface area contributed by atoms with E-state index in [-0.39, 0.29) is 11.8 Å². The lowest BCUT2D eigenvalue weighted by molar-refractivity contribution is -0.131. The van der Waals surface area contributed by atoms with Gasteiger partial charge in [0.1, 0.15) is 0 Å². The average molecular weight is 343 g/mol. The van der Waals surface area contributed by atoms with E-state index in [0.29, 0.717) is 12.2 Å². The first kappa shape index (κ1) is 17.0. The molecule has 22 heavy (non-hydrogen) atoms. The Morgan fingerprint density at radius 1 is 1.27 bits per heavy atom. The molecule has 0 spiro atoms. The Bertz CT molecular complexity index is 514. The molecule has 1 aliphatic rings. The van der Waals surface area contributed by atoms with Gasteiger partial charge in [-0.05, 0) is 6.42 Å².